The number of furan rings is 1. The average Bonchev–Trinajstić information content (AvgIpc) is 2.84. The van der Waals surface area contributed by atoms with Crippen LogP contribution in [0.15, 0.2) is 33.2 Å². The molecule has 0 radical (unpaired) electrons. The van der Waals surface area contributed by atoms with E-state index in [0.29, 0.717) is 36.0 Å². The smallest absolute Gasteiger partial charge is 0.162 e. The van der Waals surface area contributed by atoms with E-state index in [1.807, 2.05) is 19.1 Å². The first-order chi connectivity index (χ1) is 9.15. The molecular weight excluding hydrogens is 312 g/mol. The normalized spacial score (nSPS) is 15.3. The van der Waals surface area contributed by atoms with Gasteiger partial charge in [-0.3, -0.25) is 0 Å². The minimum absolute atomic E-state index is 0.509. The summed E-state index contributed by atoms with van der Waals surface area (Å²) in [6.45, 7) is 2.90. The average molecular weight is 325 g/mol. The van der Waals surface area contributed by atoms with Crippen LogP contribution in [0.2, 0.25) is 0 Å². The number of rotatable bonds is 2. The summed E-state index contributed by atoms with van der Waals surface area (Å²) in [7, 11) is 0. The fourth-order valence-electron chi connectivity index (χ4n) is 2.04. The minimum Gasteiger partial charge on any atom is -0.486 e. The van der Waals surface area contributed by atoms with Gasteiger partial charge >= 0.3 is 0 Å². The topological polar surface area (TPSA) is 51.8 Å². The van der Waals surface area contributed by atoms with E-state index in [2.05, 4.69) is 15.9 Å². The Morgan fingerprint density at radius 2 is 1.84 bits per heavy atom. The zero-order valence-electron chi connectivity index (χ0n) is 10.4. The Bertz CT molecular complexity index is 605. The molecule has 19 heavy (non-hydrogen) atoms. The molecule has 1 N–H and O–H groups in total. The Hall–Kier alpha value is -1.46. The number of hydrogen-bond acceptors (Lipinski definition) is 4. The van der Waals surface area contributed by atoms with E-state index in [1.54, 1.807) is 12.1 Å². The van der Waals surface area contributed by atoms with Gasteiger partial charge in [0, 0.05) is 10.0 Å². The predicted octanol–water partition coefficient (Wildman–Crippen LogP) is 3.20. The van der Waals surface area contributed by atoms with Crippen LogP contribution in [0.1, 0.15) is 23.2 Å². The number of fused-ring (bicyclic) bond motifs is 1. The van der Waals surface area contributed by atoms with Gasteiger partial charge in [0.1, 0.15) is 30.8 Å². The van der Waals surface area contributed by atoms with Gasteiger partial charge in [-0.05, 0) is 31.2 Å². The zero-order chi connectivity index (χ0) is 13.4. The molecule has 1 aromatic carbocycles. The molecular formula is C14H13BrO4. The second kappa shape index (κ2) is 4.90. The lowest BCUT2D eigenvalue weighted by molar-refractivity contribution is 0.166. The lowest BCUT2D eigenvalue weighted by Crippen LogP contribution is -2.16. The number of aliphatic hydroxyl groups is 1. The number of aryl methyl sites for hydroxylation is 1. The van der Waals surface area contributed by atoms with Crippen molar-refractivity contribution in [3.05, 3.63) is 45.8 Å². The van der Waals surface area contributed by atoms with Gasteiger partial charge in [-0.25, -0.2) is 0 Å². The third-order valence-corrected chi connectivity index (χ3v) is 3.67. The molecule has 1 aliphatic heterocycles. The second-order valence-corrected chi connectivity index (χ2v) is 5.22. The summed E-state index contributed by atoms with van der Waals surface area (Å²) in [4.78, 5) is 0. The van der Waals surface area contributed by atoms with Crippen LogP contribution in [-0.2, 0) is 0 Å². The Morgan fingerprint density at radius 3 is 2.47 bits per heavy atom. The van der Waals surface area contributed by atoms with Crippen molar-refractivity contribution in [2.75, 3.05) is 13.2 Å². The maximum atomic E-state index is 10.4. The van der Waals surface area contributed by atoms with Crippen LogP contribution in [0.5, 0.6) is 11.5 Å². The van der Waals surface area contributed by atoms with Crippen molar-refractivity contribution in [2.24, 2.45) is 0 Å². The van der Waals surface area contributed by atoms with E-state index in [1.165, 1.54) is 0 Å². The summed E-state index contributed by atoms with van der Waals surface area (Å²) in [6.07, 6.45) is -0.834. The Kier molecular flexibility index (Phi) is 3.24. The molecule has 1 aliphatic rings. The van der Waals surface area contributed by atoms with E-state index in [4.69, 9.17) is 13.9 Å². The number of hydrogen-bond donors (Lipinski definition) is 1. The van der Waals surface area contributed by atoms with Crippen molar-refractivity contribution in [3.8, 4) is 11.5 Å². The molecule has 0 amide bonds. The molecule has 2 aromatic rings. The van der Waals surface area contributed by atoms with Crippen LogP contribution < -0.4 is 9.47 Å². The molecule has 0 saturated carbocycles. The largest absolute Gasteiger partial charge is 0.486 e. The first-order valence-electron chi connectivity index (χ1n) is 5.98. The predicted molar refractivity (Wildman–Crippen MR) is 72.6 cm³/mol. The molecule has 0 aliphatic carbocycles. The maximum Gasteiger partial charge on any atom is 0.162 e. The maximum absolute atomic E-state index is 10.4. The third-order valence-electron chi connectivity index (χ3n) is 2.99. The second-order valence-electron chi connectivity index (χ2n) is 4.37. The van der Waals surface area contributed by atoms with Crippen molar-refractivity contribution >= 4 is 15.9 Å². The summed E-state index contributed by atoms with van der Waals surface area (Å²) < 4.78 is 17.2. The van der Waals surface area contributed by atoms with Crippen LogP contribution in [-0.4, -0.2) is 18.3 Å². The van der Waals surface area contributed by atoms with E-state index < -0.39 is 6.10 Å². The molecule has 100 valence electrons. The summed E-state index contributed by atoms with van der Waals surface area (Å²) in [5.74, 6) is 2.61. The van der Waals surface area contributed by atoms with Crippen LogP contribution in [0.3, 0.4) is 0 Å². The minimum atomic E-state index is -0.834. The standard InChI is InChI=1S/C14H13BrO4/c1-8-2-3-11(19-8)14(16)9-6-12-13(7-10(9)15)18-5-4-17-12/h2-3,6-7,14,16H,4-5H2,1H3. The molecule has 1 aromatic heterocycles. The van der Waals surface area contributed by atoms with Gasteiger partial charge in [0.15, 0.2) is 11.5 Å². The van der Waals surface area contributed by atoms with Gasteiger partial charge in [-0.2, -0.15) is 0 Å². The lowest BCUT2D eigenvalue weighted by Gasteiger charge is -2.21. The Labute approximate surface area is 119 Å². The molecule has 0 bridgehead atoms. The highest BCUT2D eigenvalue weighted by molar-refractivity contribution is 9.10. The quantitative estimate of drug-likeness (QED) is 0.921. The first-order valence-corrected chi connectivity index (χ1v) is 6.78. The molecule has 3 rings (SSSR count). The van der Waals surface area contributed by atoms with Gasteiger partial charge in [0.25, 0.3) is 0 Å². The Balaban J connectivity index is 2.00. The van der Waals surface area contributed by atoms with Crippen molar-refractivity contribution < 1.29 is 19.0 Å². The van der Waals surface area contributed by atoms with Crippen molar-refractivity contribution in [1.29, 1.82) is 0 Å². The monoisotopic (exact) mass is 324 g/mol. The van der Waals surface area contributed by atoms with E-state index in [0.717, 1.165) is 10.2 Å². The van der Waals surface area contributed by atoms with Crippen LogP contribution in [0.25, 0.3) is 0 Å². The highest BCUT2D eigenvalue weighted by atomic mass is 79.9. The summed E-state index contributed by atoms with van der Waals surface area (Å²) in [5, 5.41) is 10.4. The van der Waals surface area contributed by atoms with Crippen LogP contribution in [0.4, 0.5) is 0 Å². The van der Waals surface area contributed by atoms with Crippen molar-refractivity contribution in [2.45, 2.75) is 13.0 Å². The fourth-order valence-corrected chi connectivity index (χ4v) is 2.58. The molecule has 2 heterocycles. The van der Waals surface area contributed by atoms with E-state index in [-0.39, 0.29) is 0 Å². The van der Waals surface area contributed by atoms with Gasteiger partial charge in [0.2, 0.25) is 0 Å². The van der Waals surface area contributed by atoms with Crippen molar-refractivity contribution in [1.82, 2.24) is 0 Å². The molecule has 1 atom stereocenters. The number of benzene rings is 1. The zero-order valence-corrected chi connectivity index (χ0v) is 11.9. The molecule has 0 fully saturated rings. The van der Waals surface area contributed by atoms with Gasteiger partial charge in [-0.1, -0.05) is 15.9 Å². The SMILES string of the molecule is Cc1ccc(C(O)c2cc3c(cc2Br)OCCO3)o1. The first kappa shape index (κ1) is 12.6. The molecule has 4 nitrogen and oxygen atoms in total. The molecule has 0 saturated heterocycles. The highest BCUT2D eigenvalue weighted by Crippen LogP contribution is 2.39. The summed E-state index contributed by atoms with van der Waals surface area (Å²) >= 11 is 3.44. The van der Waals surface area contributed by atoms with Gasteiger partial charge in [0.05, 0.1) is 0 Å². The number of halogens is 1. The van der Waals surface area contributed by atoms with Crippen LogP contribution >= 0.6 is 15.9 Å². The highest BCUT2D eigenvalue weighted by Gasteiger charge is 2.21. The van der Waals surface area contributed by atoms with E-state index >= 15 is 0 Å². The van der Waals surface area contributed by atoms with Gasteiger partial charge < -0.3 is 19.0 Å². The fraction of sp³-hybridized carbons (Fsp3) is 0.286. The van der Waals surface area contributed by atoms with Crippen molar-refractivity contribution in [3.63, 3.8) is 0 Å². The lowest BCUT2D eigenvalue weighted by atomic mass is 10.1. The van der Waals surface area contributed by atoms with Gasteiger partial charge in [-0.15, -0.1) is 0 Å². The van der Waals surface area contributed by atoms with Crippen LogP contribution in [0, 0.1) is 6.92 Å². The molecule has 5 heteroatoms. The molecule has 0 spiro atoms. The third kappa shape index (κ3) is 2.35. The Morgan fingerprint density at radius 1 is 1.16 bits per heavy atom. The number of aliphatic hydroxyl groups excluding tert-OH is 1. The number of ether oxygens (including phenoxy) is 2. The molecule has 1 unspecified atom stereocenters. The summed E-state index contributed by atoms with van der Waals surface area (Å²) in [6, 6.07) is 7.18. The summed E-state index contributed by atoms with van der Waals surface area (Å²) in [5.41, 5.74) is 0.693. The van der Waals surface area contributed by atoms with E-state index in [9.17, 15) is 5.11 Å².